The van der Waals surface area contributed by atoms with Crippen molar-refractivity contribution in [1.82, 2.24) is 10.6 Å². The van der Waals surface area contributed by atoms with E-state index in [4.69, 9.17) is 0 Å². The van der Waals surface area contributed by atoms with Crippen molar-refractivity contribution in [2.45, 2.75) is 0 Å². The second kappa shape index (κ2) is 17.8. The Balaban J connectivity index is 0.000000324. The van der Waals surface area contributed by atoms with Crippen molar-refractivity contribution in [3.05, 3.63) is 116 Å². The van der Waals surface area contributed by atoms with Crippen LogP contribution in [0.15, 0.2) is 116 Å². The van der Waals surface area contributed by atoms with E-state index in [1.165, 1.54) is 10.5 Å². The van der Waals surface area contributed by atoms with Crippen LogP contribution in [0, 0.1) is 0 Å². The maximum absolute atomic E-state index is 9.86. The van der Waals surface area contributed by atoms with Gasteiger partial charge in [-0.15, -0.1) is 13.2 Å². The second-order valence-electron chi connectivity index (χ2n) is 6.26. The number of carbonyl (C=O) groups is 2. The van der Waals surface area contributed by atoms with E-state index in [1.54, 1.807) is 12.2 Å². The molecule has 3 aromatic carbocycles. The van der Waals surface area contributed by atoms with Crippen LogP contribution in [0.25, 0.3) is 0 Å². The molecule has 0 radical (unpaired) electrons. The summed E-state index contributed by atoms with van der Waals surface area (Å²) in [6.07, 6.45) is 3.15. The summed E-state index contributed by atoms with van der Waals surface area (Å²) in [7, 11) is 0. The molecule has 7 heteroatoms. The van der Waals surface area contributed by atoms with Gasteiger partial charge in [-0.05, 0) is 0 Å². The SMILES string of the molecule is C=CCNC(=O)[S-].C=CCNC(=O)[S-].c1cc[c]([Sb]([c]2ccccc2)[c]2ccccc2)cc1. The van der Waals surface area contributed by atoms with Gasteiger partial charge in [-0.2, -0.15) is 0 Å². The van der Waals surface area contributed by atoms with Crippen molar-refractivity contribution < 1.29 is 9.59 Å². The Morgan fingerprint density at radius 2 is 0.909 bits per heavy atom. The van der Waals surface area contributed by atoms with Crippen molar-refractivity contribution in [1.29, 1.82) is 0 Å². The third-order valence-corrected chi connectivity index (χ3v) is 11.1. The molecular weight excluding hydrogens is 558 g/mol. The zero-order valence-corrected chi connectivity index (χ0v) is 22.4. The van der Waals surface area contributed by atoms with Crippen LogP contribution in [-0.2, 0) is 25.3 Å². The third kappa shape index (κ3) is 12.8. The first-order valence-corrected chi connectivity index (χ1v) is 14.7. The molecule has 0 aromatic heterocycles. The quantitative estimate of drug-likeness (QED) is 0.255. The Hall–Kier alpha value is -2.66. The molecule has 3 rings (SSSR count). The summed E-state index contributed by atoms with van der Waals surface area (Å²) in [6.45, 7) is 7.66. The number of hydrogen-bond acceptors (Lipinski definition) is 4. The zero-order valence-electron chi connectivity index (χ0n) is 18.2. The Kier molecular flexibility index (Phi) is 15.3. The second-order valence-corrected chi connectivity index (χ2v) is 13.3. The minimum absolute atomic E-state index is 0.431. The van der Waals surface area contributed by atoms with Gasteiger partial charge in [0.2, 0.25) is 0 Å². The number of nitrogens with one attached hydrogen (secondary N) is 2. The summed E-state index contributed by atoms with van der Waals surface area (Å²) in [4.78, 5) is 19.7. The molecule has 4 nitrogen and oxygen atoms in total. The summed E-state index contributed by atoms with van der Waals surface area (Å²) in [5.41, 5.74) is 0. The maximum atomic E-state index is 9.86. The van der Waals surface area contributed by atoms with Crippen LogP contribution < -0.4 is 21.2 Å². The minimum atomic E-state index is -1.83. The summed E-state index contributed by atoms with van der Waals surface area (Å²) in [5, 5.41) is 3.84. The van der Waals surface area contributed by atoms with E-state index in [0.717, 1.165) is 0 Å². The fourth-order valence-electron chi connectivity index (χ4n) is 2.49. The average Bonchev–Trinajstić information content (AvgIpc) is 2.84. The molecule has 0 saturated carbocycles. The van der Waals surface area contributed by atoms with Crippen molar-refractivity contribution >= 4 is 66.5 Å². The molecule has 0 heterocycles. The predicted octanol–water partition coefficient (Wildman–Crippen LogP) is 3.06. The molecule has 0 fully saturated rings. The molecule has 172 valence electrons. The van der Waals surface area contributed by atoms with Gasteiger partial charge in [0.1, 0.15) is 0 Å². The molecule has 2 N–H and O–H groups in total. The van der Waals surface area contributed by atoms with Crippen LogP contribution in [0.2, 0.25) is 0 Å². The van der Waals surface area contributed by atoms with Crippen molar-refractivity contribution in [3.63, 3.8) is 0 Å². The van der Waals surface area contributed by atoms with E-state index < -0.39 is 30.7 Å². The van der Waals surface area contributed by atoms with E-state index >= 15 is 0 Å². The molecule has 0 aliphatic heterocycles. The molecule has 2 amide bonds. The average molecular weight is 585 g/mol. The Bertz CT molecular complexity index is 855. The molecule has 0 saturated heterocycles. The van der Waals surface area contributed by atoms with Crippen LogP contribution >= 0.6 is 0 Å². The first kappa shape index (κ1) is 28.4. The van der Waals surface area contributed by atoms with Gasteiger partial charge in [-0.3, -0.25) is 0 Å². The van der Waals surface area contributed by atoms with Crippen LogP contribution in [0.5, 0.6) is 0 Å². The molecule has 0 bridgehead atoms. The molecule has 0 aliphatic carbocycles. The Labute approximate surface area is 215 Å². The van der Waals surface area contributed by atoms with Crippen LogP contribution in [0.3, 0.4) is 0 Å². The number of carbonyl (C=O) groups excluding carboxylic acids is 2. The Morgan fingerprint density at radius 3 is 1.09 bits per heavy atom. The van der Waals surface area contributed by atoms with Gasteiger partial charge in [0.05, 0.1) is 10.5 Å². The van der Waals surface area contributed by atoms with E-state index in [0.29, 0.717) is 13.1 Å². The van der Waals surface area contributed by atoms with E-state index in [2.05, 4.69) is 140 Å². The zero-order chi connectivity index (χ0) is 24.3. The molecule has 3 aromatic rings. The van der Waals surface area contributed by atoms with Crippen LogP contribution in [0.1, 0.15) is 0 Å². The summed E-state index contributed by atoms with van der Waals surface area (Å²) in [5.74, 6) is 0. The molecular formula is C26H27N2O2S2Sb-2. The van der Waals surface area contributed by atoms with E-state index in [1.807, 2.05) is 0 Å². The van der Waals surface area contributed by atoms with Gasteiger partial charge in [0.25, 0.3) is 0 Å². The van der Waals surface area contributed by atoms with Crippen molar-refractivity contribution in [3.8, 4) is 0 Å². The van der Waals surface area contributed by atoms with Gasteiger partial charge in [0.15, 0.2) is 0 Å². The van der Waals surface area contributed by atoms with Gasteiger partial charge in [-0.25, -0.2) is 0 Å². The first-order valence-electron chi connectivity index (χ1n) is 10.1. The first-order chi connectivity index (χ1) is 16.0. The fourth-order valence-corrected chi connectivity index (χ4v) is 9.24. The van der Waals surface area contributed by atoms with Gasteiger partial charge >= 0.3 is 122 Å². The van der Waals surface area contributed by atoms with E-state index in [-0.39, 0.29) is 0 Å². The molecule has 0 unspecified atom stereocenters. The number of hydrogen-bond donors (Lipinski definition) is 2. The predicted molar refractivity (Wildman–Crippen MR) is 146 cm³/mol. The number of amides is 2. The molecule has 0 spiro atoms. The standard InChI is InChI=1S/3C6H5.2C4H7NOS.Sb/c3*1-2-4-6-5-3-1;2*1-2-3-5-4(6)7;/h3*1-5H;2*2H,1,3H2,(H2,5,6,7);/p-2. The van der Waals surface area contributed by atoms with Crippen LogP contribution in [-0.4, -0.2) is 43.8 Å². The number of rotatable bonds is 7. The topological polar surface area (TPSA) is 58.2 Å². The van der Waals surface area contributed by atoms with Crippen molar-refractivity contribution in [2.24, 2.45) is 0 Å². The normalized spacial score (nSPS) is 9.24. The molecule has 0 aliphatic rings. The molecule has 33 heavy (non-hydrogen) atoms. The Morgan fingerprint density at radius 1 is 0.636 bits per heavy atom. The monoisotopic (exact) mass is 584 g/mol. The fraction of sp³-hybridized carbons (Fsp3) is 0.0769. The summed E-state index contributed by atoms with van der Waals surface area (Å²) < 4.78 is 4.55. The van der Waals surface area contributed by atoms with Crippen LogP contribution in [0.4, 0.5) is 9.59 Å². The molecule has 0 atom stereocenters. The number of benzene rings is 3. The third-order valence-electron chi connectivity index (χ3n) is 3.82. The van der Waals surface area contributed by atoms with E-state index in [9.17, 15) is 9.59 Å². The summed E-state index contributed by atoms with van der Waals surface area (Å²) in [6, 6.07) is 32.9. The van der Waals surface area contributed by atoms with Gasteiger partial charge in [0, 0.05) is 13.1 Å². The van der Waals surface area contributed by atoms with Crippen molar-refractivity contribution in [2.75, 3.05) is 13.1 Å². The van der Waals surface area contributed by atoms with Gasteiger partial charge in [-0.1, -0.05) is 12.2 Å². The summed E-state index contributed by atoms with van der Waals surface area (Å²) >= 11 is 6.47. The van der Waals surface area contributed by atoms with Gasteiger partial charge < -0.3 is 45.5 Å².